The van der Waals surface area contributed by atoms with Gasteiger partial charge in [-0.25, -0.2) is 4.79 Å². The van der Waals surface area contributed by atoms with Gasteiger partial charge in [-0.3, -0.25) is 9.97 Å². The molecule has 2 unspecified atom stereocenters. The van der Waals surface area contributed by atoms with Crippen LogP contribution >= 0.6 is 46.4 Å². The molecule has 0 N–H and O–H groups in total. The van der Waals surface area contributed by atoms with Gasteiger partial charge >= 0.3 is 5.97 Å². The van der Waals surface area contributed by atoms with Crippen LogP contribution < -0.4 is 4.74 Å². The predicted octanol–water partition coefficient (Wildman–Crippen LogP) is 11.3. The maximum atomic E-state index is 13.7. The van der Waals surface area contributed by atoms with E-state index in [1.807, 2.05) is 48.5 Å². The minimum absolute atomic E-state index is 0.177. The van der Waals surface area contributed by atoms with Gasteiger partial charge in [0.15, 0.2) is 5.60 Å². The Bertz CT molecular complexity index is 2670. The molecule has 0 radical (unpaired) electrons. The van der Waals surface area contributed by atoms with Crippen molar-refractivity contribution in [3.63, 3.8) is 0 Å². The van der Waals surface area contributed by atoms with Gasteiger partial charge in [-0.2, -0.15) is 10.5 Å². The Hall–Kier alpha value is -5.67. The van der Waals surface area contributed by atoms with Crippen molar-refractivity contribution in [1.82, 2.24) is 9.97 Å². The summed E-state index contributed by atoms with van der Waals surface area (Å²) in [4.78, 5) is 22.6. The third-order valence-corrected chi connectivity index (χ3v) is 11.3. The van der Waals surface area contributed by atoms with Crippen LogP contribution in [0.3, 0.4) is 0 Å². The zero-order chi connectivity index (χ0) is 36.6. The summed E-state index contributed by atoms with van der Waals surface area (Å²) in [7, 11) is 0. The molecule has 9 rings (SSSR count). The molecule has 0 fully saturated rings. The van der Waals surface area contributed by atoms with Gasteiger partial charge in [0, 0.05) is 49.9 Å². The third kappa shape index (κ3) is 4.97. The number of esters is 1. The molecule has 0 saturated carbocycles. The van der Waals surface area contributed by atoms with Gasteiger partial charge in [0.2, 0.25) is 0 Å². The van der Waals surface area contributed by atoms with Gasteiger partial charge in [0.1, 0.15) is 11.5 Å². The highest BCUT2D eigenvalue weighted by Gasteiger charge is 2.54. The Morgan fingerprint density at radius 2 is 1.06 bits per heavy atom. The van der Waals surface area contributed by atoms with Crippen molar-refractivity contribution < 1.29 is 14.3 Å². The van der Waals surface area contributed by atoms with Crippen LogP contribution in [0.25, 0.3) is 21.8 Å². The molecule has 0 aliphatic carbocycles. The van der Waals surface area contributed by atoms with Crippen molar-refractivity contribution >= 4 is 74.2 Å². The summed E-state index contributed by atoms with van der Waals surface area (Å²) < 4.78 is 13.1. The average Bonchev–Trinajstić information content (AvgIpc) is 3.44. The molecular formula is C42H20Cl4N4O3. The normalized spacial score (nSPS) is 16.5. The van der Waals surface area contributed by atoms with Crippen LogP contribution in [0.15, 0.2) is 109 Å². The van der Waals surface area contributed by atoms with Crippen LogP contribution in [0.4, 0.5) is 0 Å². The molecule has 1 spiro atoms. The van der Waals surface area contributed by atoms with Crippen LogP contribution in [0.2, 0.25) is 20.1 Å². The number of halogens is 4. The number of pyridine rings is 2. The fraction of sp³-hybridized carbons (Fsp3) is 0.0714. The first-order valence-corrected chi connectivity index (χ1v) is 17.8. The Labute approximate surface area is 322 Å². The Kier molecular flexibility index (Phi) is 7.82. The Morgan fingerprint density at radius 1 is 0.585 bits per heavy atom. The quantitative estimate of drug-likeness (QED) is 0.164. The zero-order valence-electron chi connectivity index (χ0n) is 27.1. The number of nitrogens with zero attached hydrogens (tertiary/aromatic N) is 4. The van der Waals surface area contributed by atoms with E-state index in [1.54, 1.807) is 54.9 Å². The molecule has 7 nitrogen and oxygen atoms in total. The number of carbonyl (C=O) groups excluding carboxylic acids is 1. The maximum Gasteiger partial charge on any atom is 0.340 e. The lowest BCUT2D eigenvalue weighted by Gasteiger charge is -2.37. The predicted molar refractivity (Wildman–Crippen MR) is 203 cm³/mol. The van der Waals surface area contributed by atoms with Crippen LogP contribution in [-0.2, 0) is 10.3 Å². The molecule has 53 heavy (non-hydrogen) atoms. The molecule has 7 aromatic rings. The lowest BCUT2D eigenvalue weighted by atomic mass is 9.76. The molecule has 5 aromatic carbocycles. The van der Waals surface area contributed by atoms with E-state index >= 15 is 0 Å². The number of carbonyl (C=O) groups is 1. The van der Waals surface area contributed by atoms with Gasteiger partial charge in [-0.15, -0.1) is 0 Å². The molecule has 11 heteroatoms. The van der Waals surface area contributed by atoms with E-state index in [-0.39, 0.29) is 37.2 Å². The Morgan fingerprint density at radius 3 is 1.57 bits per heavy atom. The molecule has 0 bridgehead atoms. The average molecular weight is 770 g/mol. The van der Waals surface area contributed by atoms with Gasteiger partial charge in [0.25, 0.3) is 0 Å². The van der Waals surface area contributed by atoms with Gasteiger partial charge in [0.05, 0.1) is 50.6 Å². The highest BCUT2D eigenvalue weighted by atomic mass is 35.5. The largest absolute Gasteiger partial charge is 0.456 e. The van der Waals surface area contributed by atoms with E-state index in [2.05, 4.69) is 22.1 Å². The van der Waals surface area contributed by atoms with Crippen molar-refractivity contribution in [2.75, 3.05) is 0 Å². The number of para-hydroxylation sites is 2. The summed E-state index contributed by atoms with van der Waals surface area (Å²) in [5.41, 5.74) is 3.56. The molecule has 4 heterocycles. The van der Waals surface area contributed by atoms with Crippen molar-refractivity contribution in [3.05, 3.63) is 174 Å². The highest BCUT2D eigenvalue weighted by molar-refractivity contribution is 6.42. The SMILES string of the molecule is N#CC(c1cc2c(cc1Cl)C1(OC(=O)c3cc(Cl)c(Cl)cc31)c1cc(Cl)c(C(C#N)c3ccnc4ccccc34)cc1O2)c1ccnc2ccccc12. The maximum absolute atomic E-state index is 13.7. The lowest BCUT2D eigenvalue weighted by Crippen LogP contribution is -2.33. The number of hydrogen-bond donors (Lipinski definition) is 0. The minimum atomic E-state index is -1.63. The van der Waals surface area contributed by atoms with Gasteiger partial charge < -0.3 is 9.47 Å². The second-order valence-corrected chi connectivity index (χ2v) is 14.3. The summed E-state index contributed by atoms with van der Waals surface area (Å²) in [6, 6.07) is 33.3. The zero-order valence-corrected chi connectivity index (χ0v) is 30.1. The van der Waals surface area contributed by atoms with E-state index in [0.29, 0.717) is 38.9 Å². The molecular weight excluding hydrogens is 750 g/mol. The molecule has 0 saturated heterocycles. The molecule has 2 aliphatic rings. The molecule has 2 aliphatic heterocycles. The van der Waals surface area contributed by atoms with Gasteiger partial charge in [-0.1, -0.05) is 82.8 Å². The minimum Gasteiger partial charge on any atom is -0.456 e. The third-order valence-electron chi connectivity index (χ3n) is 9.95. The van der Waals surface area contributed by atoms with E-state index in [4.69, 9.17) is 55.9 Å². The van der Waals surface area contributed by atoms with E-state index in [0.717, 1.165) is 21.8 Å². The summed E-state index contributed by atoms with van der Waals surface area (Å²) >= 11 is 27.2. The fourth-order valence-corrected chi connectivity index (χ4v) is 8.44. The van der Waals surface area contributed by atoms with Crippen LogP contribution in [0.5, 0.6) is 11.5 Å². The number of fused-ring (bicyclic) bond motifs is 8. The van der Waals surface area contributed by atoms with E-state index < -0.39 is 23.4 Å². The summed E-state index contributed by atoms with van der Waals surface area (Å²) in [6.45, 7) is 0. The second kappa shape index (κ2) is 12.5. The Balaban J connectivity index is 1.29. The summed E-state index contributed by atoms with van der Waals surface area (Å²) in [5, 5.41) is 23.7. The monoisotopic (exact) mass is 768 g/mol. The summed E-state index contributed by atoms with van der Waals surface area (Å²) in [6.07, 6.45) is 3.31. The number of ether oxygens (including phenoxy) is 2. The molecule has 0 amide bonds. The number of hydrogen-bond acceptors (Lipinski definition) is 7. The fourth-order valence-electron chi connectivity index (χ4n) is 7.57. The smallest absolute Gasteiger partial charge is 0.340 e. The number of rotatable bonds is 4. The highest BCUT2D eigenvalue weighted by Crippen LogP contribution is 2.59. The van der Waals surface area contributed by atoms with Gasteiger partial charge in [-0.05, 0) is 82.9 Å². The molecule has 2 aromatic heterocycles. The first-order valence-electron chi connectivity index (χ1n) is 16.3. The van der Waals surface area contributed by atoms with E-state index in [1.165, 1.54) is 6.07 Å². The second-order valence-electron chi connectivity index (χ2n) is 12.7. The number of aromatic nitrogens is 2. The first kappa shape index (κ1) is 33.2. The molecule has 254 valence electrons. The summed E-state index contributed by atoms with van der Waals surface area (Å²) in [5.74, 6) is -1.74. The topological polar surface area (TPSA) is 109 Å². The number of nitriles is 2. The van der Waals surface area contributed by atoms with Crippen LogP contribution in [0.1, 0.15) is 61.1 Å². The van der Waals surface area contributed by atoms with Crippen molar-refractivity contribution in [2.45, 2.75) is 17.4 Å². The van der Waals surface area contributed by atoms with Crippen molar-refractivity contribution in [2.24, 2.45) is 0 Å². The standard InChI is InChI=1S/C42H20Cl4N4O3/c43-33-17-31-39(14-25(33)28(19-47)21-9-11-49-37-7-3-1-5-23(21)37)52-40-15-26(29(20-48)22-10-12-50-38-8-4-2-6-24(22)38)34(44)18-32(40)42(31)30-16-36(46)35(45)13-27(30)41(51)53-42/h1-18,28-29H. The van der Waals surface area contributed by atoms with Crippen molar-refractivity contribution in [1.29, 1.82) is 10.5 Å². The first-order chi connectivity index (χ1) is 25.7. The van der Waals surface area contributed by atoms with Crippen LogP contribution in [0, 0.1) is 22.7 Å². The van der Waals surface area contributed by atoms with Crippen molar-refractivity contribution in [3.8, 4) is 23.6 Å². The molecule has 2 atom stereocenters. The number of benzene rings is 5. The lowest BCUT2D eigenvalue weighted by molar-refractivity contribution is 0.0224. The van der Waals surface area contributed by atoms with E-state index in [9.17, 15) is 15.3 Å². The van der Waals surface area contributed by atoms with Crippen LogP contribution in [-0.4, -0.2) is 15.9 Å².